The highest BCUT2D eigenvalue weighted by atomic mass is 16.3. The SMILES string of the molecule is CC(O)C1CC(NCC2CCCC2)CN(c2ccccc2)C1. The summed E-state index contributed by atoms with van der Waals surface area (Å²) in [5.74, 6) is 1.23. The summed E-state index contributed by atoms with van der Waals surface area (Å²) >= 11 is 0. The summed E-state index contributed by atoms with van der Waals surface area (Å²) in [6.07, 6.45) is 6.45. The van der Waals surface area contributed by atoms with Gasteiger partial charge in [0.25, 0.3) is 0 Å². The second kappa shape index (κ2) is 7.47. The molecule has 1 saturated heterocycles. The van der Waals surface area contributed by atoms with E-state index in [0.29, 0.717) is 12.0 Å². The summed E-state index contributed by atoms with van der Waals surface area (Å²) < 4.78 is 0. The molecule has 0 radical (unpaired) electrons. The first kappa shape index (κ1) is 15.8. The van der Waals surface area contributed by atoms with Crippen molar-refractivity contribution >= 4 is 5.69 Å². The topological polar surface area (TPSA) is 35.5 Å². The third-order valence-electron chi connectivity index (χ3n) is 5.46. The van der Waals surface area contributed by atoms with E-state index in [2.05, 4.69) is 40.5 Å². The zero-order valence-electron chi connectivity index (χ0n) is 13.7. The first-order chi connectivity index (χ1) is 10.7. The highest BCUT2D eigenvalue weighted by Gasteiger charge is 2.30. The summed E-state index contributed by atoms with van der Waals surface area (Å²) in [6.45, 7) is 5.11. The number of aliphatic hydroxyl groups is 1. The van der Waals surface area contributed by atoms with Crippen LogP contribution in [0.25, 0.3) is 0 Å². The molecule has 0 amide bonds. The number of anilines is 1. The molecule has 3 rings (SSSR count). The molecule has 2 fully saturated rings. The largest absolute Gasteiger partial charge is 0.393 e. The fraction of sp³-hybridized carbons (Fsp3) is 0.684. The number of aliphatic hydroxyl groups excluding tert-OH is 1. The van der Waals surface area contributed by atoms with Gasteiger partial charge in [-0.1, -0.05) is 31.0 Å². The molecule has 1 aliphatic carbocycles. The van der Waals surface area contributed by atoms with Gasteiger partial charge in [-0.15, -0.1) is 0 Å². The number of nitrogens with zero attached hydrogens (tertiary/aromatic N) is 1. The van der Waals surface area contributed by atoms with Gasteiger partial charge in [0.2, 0.25) is 0 Å². The lowest BCUT2D eigenvalue weighted by molar-refractivity contribution is 0.105. The van der Waals surface area contributed by atoms with Crippen molar-refractivity contribution in [2.45, 2.75) is 51.2 Å². The Hall–Kier alpha value is -1.06. The van der Waals surface area contributed by atoms with E-state index in [9.17, 15) is 5.11 Å². The minimum absolute atomic E-state index is 0.234. The molecular formula is C19H30N2O. The average Bonchev–Trinajstić information content (AvgIpc) is 3.07. The molecule has 1 aromatic carbocycles. The number of piperidine rings is 1. The van der Waals surface area contributed by atoms with E-state index in [-0.39, 0.29) is 6.10 Å². The Morgan fingerprint density at radius 3 is 2.59 bits per heavy atom. The quantitative estimate of drug-likeness (QED) is 0.877. The van der Waals surface area contributed by atoms with Crippen LogP contribution in [0, 0.1) is 11.8 Å². The Kier molecular flexibility index (Phi) is 5.37. The number of hydrogen-bond donors (Lipinski definition) is 2. The van der Waals surface area contributed by atoms with Crippen LogP contribution < -0.4 is 10.2 Å². The van der Waals surface area contributed by atoms with Gasteiger partial charge in [-0.05, 0) is 50.8 Å². The first-order valence-electron chi connectivity index (χ1n) is 8.94. The molecule has 122 valence electrons. The van der Waals surface area contributed by atoms with Crippen molar-refractivity contribution in [1.82, 2.24) is 5.32 Å². The highest BCUT2D eigenvalue weighted by molar-refractivity contribution is 5.46. The van der Waals surface area contributed by atoms with Gasteiger partial charge in [0.05, 0.1) is 6.10 Å². The van der Waals surface area contributed by atoms with E-state index in [1.807, 2.05) is 6.92 Å². The van der Waals surface area contributed by atoms with Crippen LogP contribution in [0.4, 0.5) is 5.69 Å². The van der Waals surface area contributed by atoms with Crippen molar-refractivity contribution < 1.29 is 5.11 Å². The van der Waals surface area contributed by atoms with Crippen molar-refractivity contribution in [3.05, 3.63) is 30.3 Å². The minimum atomic E-state index is -0.234. The maximum absolute atomic E-state index is 10.1. The zero-order valence-corrected chi connectivity index (χ0v) is 13.7. The third-order valence-corrected chi connectivity index (χ3v) is 5.46. The molecule has 22 heavy (non-hydrogen) atoms. The lowest BCUT2D eigenvalue weighted by Gasteiger charge is -2.41. The van der Waals surface area contributed by atoms with Crippen molar-refractivity contribution in [2.24, 2.45) is 11.8 Å². The van der Waals surface area contributed by atoms with Crippen LogP contribution >= 0.6 is 0 Å². The predicted octanol–water partition coefficient (Wildman–Crippen LogP) is 3.04. The van der Waals surface area contributed by atoms with E-state index in [0.717, 1.165) is 32.0 Å². The maximum Gasteiger partial charge on any atom is 0.0557 e. The van der Waals surface area contributed by atoms with Crippen LogP contribution in [0.15, 0.2) is 30.3 Å². The van der Waals surface area contributed by atoms with E-state index < -0.39 is 0 Å². The van der Waals surface area contributed by atoms with Gasteiger partial charge in [-0.2, -0.15) is 0 Å². The van der Waals surface area contributed by atoms with E-state index in [1.165, 1.54) is 31.4 Å². The molecule has 2 aliphatic rings. The average molecular weight is 302 g/mol. The van der Waals surface area contributed by atoms with Crippen LogP contribution in [-0.4, -0.2) is 36.9 Å². The molecule has 1 heterocycles. The van der Waals surface area contributed by atoms with Gasteiger partial charge < -0.3 is 15.3 Å². The second-order valence-corrected chi connectivity index (χ2v) is 7.23. The molecule has 0 aromatic heterocycles. The highest BCUT2D eigenvalue weighted by Crippen LogP contribution is 2.27. The molecule has 0 spiro atoms. The summed E-state index contributed by atoms with van der Waals surface area (Å²) in [6, 6.07) is 11.1. The number of hydrogen-bond acceptors (Lipinski definition) is 3. The zero-order chi connectivity index (χ0) is 15.4. The van der Waals surface area contributed by atoms with Crippen LogP contribution in [0.3, 0.4) is 0 Å². The van der Waals surface area contributed by atoms with Crippen LogP contribution in [-0.2, 0) is 0 Å². The predicted molar refractivity (Wildman–Crippen MR) is 92.2 cm³/mol. The molecule has 1 aliphatic heterocycles. The molecule has 3 unspecified atom stereocenters. The molecule has 1 aromatic rings. The standard InChI is InChI=1S/C19H30N2O/c1-15(22)17-11-18(20-12-16-7-5-6-8-16)14-21(13-17)19-9-3-2-4-10-19/h2-4,9-10,15-18,20,22H,5-8,11-14H2,1H3. The molecule has 3 nitrogen and oxygen atoms in total. The Morgan fingerprint density at radius 2 is 1.91 bits per heavy atom. The van der Waals surface area contributed by atoms with Gasteiger partial charge >= 0.3 is 0 Å². The van der Waals surface area contributed by atoms with Gasteiger partial charge in [-0.25, -0.2) is 0 Å². The number of para-hydroxylation sites is 1. The van der Waals surface area contributed by atoms with Gasteiger partial charge in [0.15, 0.2) is 0 Å². The Balaban J connectivity index is 1.62. The number of benzene rings is 1. The Morgan fingerprint density at radius 1 is 1.18 bits per heavy atom. The van der Waals surface area contributed by atoms with Crippen LogP contribution in [0.5, 0.6) is 0 Å². The van der Waals surface area contributed by atoms with E-state index in [1.54, 1.807) is 0 Å². The van der Waals surface area contributed by atoms with Crippen molar-refractivity contribution in [3.8, 4) is 0 Å². The van der Waals surface area contributed by atoms with Crippen molar-refractivity contribution in [1.29, 1.82) is 0 Å². The lowest BCUT2D eigenvalue weighted by atomic mass is 9.89. The summed E-state index contributed by atoms with van der Waals surface area (Å²) in [7, 11) is 0. The first-order valence-corrected chi connectivity index (χ1v) is 8.94. The van der Waals surface area contributed by atoms with Gasteiger partial charge in [0.1, 0.15) is 0 Å². The van der Waals surface area contributed by atoms with Crippen molar-refractivity contribution in [2.75, 3.05) is 24.5 Å². The third kappa shape index (κ3) is 4.02. The van der Waals surface area contributed by atoms with Gasteiger partial charge in [-0.3, -0.25) is 0 Å². The van der Waals surface area contributed by atoms with Crippen LogP contribution in [0.2, 0.25) is 0 Å². The fourth-order valence-corrected chi connectivity index (χ4v) is 4.03. The normalized spacial score (nSPS) is 28.0. The smallest absolute Gasteiger partial charge is 0.0557 e. The molecule has 2 N–H and O–H groups in total. The van der Waals surface area contributed by atoms with Gasteiger partial charge in [0, 0.05) is 30.7 Å². The summed E-state index contributed by atoms with van der Waals surface area (Å²) in [5.41, 5.74) is 1.28. The molecule has 0 bridgehead atoms. The lowest BCUT2D eigenvalue weighted by Crippen LogP contribution is -2.52. The van der Waals surface area contributed by atoms with Crippen LogP contribution in [0.1, 0.15) is 39.0 Å². The minimum Gasteiger partial charge on any atom is -0.393 e. The summed E-state index contributed by atoms with van der Waals surface area (Å²) in [5, 5.41) is 13.9. The number of rotatable bonds is 5. The molecule has 1 saturated carbocycles. The van der Waals surface area contributed by atoms with E-state index in [4.69, 9.17) is 0 Å². The maximum atomic E-state index is 10.1. The summed E-state index contributed by atoms with van der Waals surface area (Å²) in [4.78, 5) is 2.44. The Labute approximate surface area is 134 Å². The van der Waals surface area contributed by atoms with E-state index >= 15 is 0 Å². The monoisotopic (exact) mass is 302 g/mol. The second-order valence-electron chi connectivity index (χ2n) is 7.23. The molecular weight excluding hydrogens is 272 g/mol. The number of nitrogens with one attached hydrogen (secondary N) is 1. The molecule has 3 heteroatoms. The molecule has 3 atom stereocenters. The Bertz CT molecular complexity index is 442. The fourth-order valence-electron chi connectivity index (χ4n) is 4.03. The van der Waals surface area contributed by atoms with Crippen molar-refractivity contribution in [3.63, 3.8) is 0 Å².